The minimum absolute atomic E-state index is 0.0296. The van der Waals surface area contributed by atoms with Crippen molar-refractivity contribution in [1.29, 1.82) is 0 Å². The van der Waals surface area contributed by atoms with Crippen molar-refractivity contribution in [2.45, 2.75) is 6.04 Å². The summed E-state index contributed by atoms with van der Waals surface area (Å²) >= 11 is 6.16. The van der Waals surface area contributed by atoms with Crippen LogP contribution in [0, 0.1) is 0 Å². The number of anilines is 2. The van der Waals surface area contributed by atoms with Crippen molar-refractivity contribution in [3.05, 3.63) is 88.7 Å². The zero-order chi connectivity index (χ0) is 23.1. The lowest BCUT2D eigenvalue weighted by Gasteiger charge is -2.28. The highest BCUT2D eigenvalue weighted by Crippen LogP contribution is 2.43. The lowest BCUT2D eigenvalue weighted by atomic mass is 9.97. The maximum Gasteiger partial charge on any atom is 0.300 e. The van der Waals surface area contributed by atoms with Crippen LogP contribution in [0.15, 0.2) is 72.4 Å². The summed E-state index contributed by atoms with van der Waals surface area (Å²) in [6.45, 7) is 1.27. The molecular formula is C25H20ClN3O4. The Balaban J connectivity index is 1.70. The molecule has 0 radical (unpaired) electrons. The van der Waals surface area contributed by atoms with Crippen LogP contribution >= 0.6 is 11.6 Å². The molecule has 8 heteroatoms. The van der Waals surface area contributed by atoms with Crippen LogP contribution in [-0.4, -0.2) is 42.0 Å². The molecule has 1 saturated heterocycles. The van der Waals surface area contributed by atoms with Gasteiger partial charge in [0.1, 0.15) is 24.2 Å². The SMILES string of the molecule is CN1CCOc2ccc(/C(O)=C3/C(=O)C(=O)N(c4cccc(Cl)c4)C3c3ccccn3)cc21. The van der Waals surface area contributed by atoms with Gasteiger partial charge >= 0.3 is 0 Å². The predicted molar refractivity (Wildman–Crippen MR) is 126 cm³/mol. The van der Waals surface area contributed by atoms with Crippen LogP contribution in [0.2, 0.25) is 5.02 Å². The fourth-order valence-electron chi connectivity index (χ4n) is 4.20. The van der Waals surface area contributed by atoms with Crippen molar-refractivity contribution in [2.75, 3.05) is 30.0 Å². The summed E-state index contributed by atoms with van der Waals surface area (Å²) in [4.78, 5) is 34.1. The Morgan fingerprint density at radius 1 is 1.12 bits per heavy atom. The molecule has 3 heterocycles. The number of benzene rings is 2. The van der Waals surface area contributed by atoms with E-state index in [-0.39, 0.29) is 11.3 Å². The molecule has 0 saturated carbocycles. The first kappa shape index (κ1) is 21.0. The maximum absolute atomic E-state index is 13.2. The molecule has 1 amide bonds. The van der Waals surface area contributed by atoms with Crippen LogP contribution in [0.25, 0.3) is 5.76 Å². The van der Waals surface area contributed by atoms with E-state index in [1.165, 1.54) is 4.90 Å². The quantitative estimate of drug-likeness (QED) is 0.358. The number of pyridine rings is 1. The van der Waals surface area contributed by atoms with Gasteiger partial charge in [-0.3, -0.25) is 19.5 Å². The number of ether oxygens (including phenoxy) is 1. The van der Waals surface area contributed by atoms with Crippen LogP contribution in [-0.2, 0) is 9.59 Å². The average molecular weight is 462 g/mol. The molecule has 33 heavy (non-hydrogen) atoms. The normalized spacial score (nSPS) is 19.4. The van der Waals surface area contributed by atoms with E-state index in [4.69, 9.17) is 16.3 Å². The standard InChI is InChI=1S/C25H20ClN3O4/c1-28-11-12-33-20-9-8-15(13-19(20)28)23(30)21-22(18-7-2-3-10-27-18)29(25(32)24(21)31)17-6-4-5-16(26)14-17/h2-10,13-14,22,30H,11-12H2,1H3/b23-21-. The molecule has 2 aliphatic rings. The van der Waals surface area contributed by atoms with Gasteiger partial charge in [-0.15, -0.1) is 0 Å². The smallest absolute Gasteiger partial charge is 0.300 e. The first-order chi connectivity index (χ1) is 16.0. The number of Topliss-reactive ketones (excluding diaryl/α,β-unsaturated/α-hetero) is 1. The Morgan fingerprint density at radius 2 is 1.97 bits per heavy atom. The molecule has 3 aromatic rings. The van der Waals surface area contributed by atoms with E-state index in [1.54, 1.807) is 66.9 Å². The van der Waals surface area contributed by atoms with E-state index in [0.717, 1.165) is 5.69 Å². The molecule has 0 bridgehead atoms. The summed E-state index contributed by atoms with van der Waals surface area (Å²) in [6.07, 6.45) is 1.58. The highest BCUT2D eigenvalue weighted by Gasteiger charge is 2.47. The van der Waals surface area contributed by atoms with Gasteiger partial charge in [-0.2, -0.15) is 0 Å². The molecule has 1 fully saturated rings. The largest absolute Gasteiger partial charge is 0.507 e. The lowest BCUT2D eigenvalue weighted by Crippen LogP contribution is -2.29. The fourth-order valence-corrected chi connectivity index (χ4v) is 4.38. The summed E-state index contributed by atoms with van der Waals surface area (Å²) in [5.41, 5.74) is 2.08. The van der Waals surface area contributed by atoms with E-state index >= 15 is 0 Å². The Labute approximate surface area is 195 Å². The van der Waals surface area contributed by atoms with Crippen LogP contribution in [0.1, 0.15) is 17.3 Å². The molecule has 1 aromatic heterocycles. The van der Waals surface area contributed by atoms with E-state index in [1.807, 2.05) is 11.9 Å². The van der Waals surface area contributed by atoms with Crippen molar-refractivity contribution in [3.63, 3.8) is 0 Å². The molecule has 1 unspecified atom stereocenters. The number of likely N-dealkylation sites (N-methyl/N-ethyl adjacent to an activating group) is 1. The first-order valence-electron chi connectivity index (χ1n) is 10.4. The molecule has 2 aromatic carbocycles. The number of aromatic nitrogens is 1. The summed E-state index contributed by atoms with van der Waals surface area (Å²) in [6, 6.07) is 16.2. The maximum atomic E-state index is 13.2. The van der Waals surface area contributed by atoms with E-state index < -0.39 is 17.7 Å². The number of halogens is 1. The molecule has 7 nitrogen and oxygen atoms in total. The number of hydrogen-bond donors (Lipinski definition) is 1. The topological polar surface area (TPSA) is 83.0 Å². The number of amides is 1. The van der Waals surface area contributed by atoms with Crippen molar-refractivity contribution in [2.24, 2.45) is 0 Å². The van der Waals surface area contributed by atoms with Crippen molar-refractivity contribution >= 4 is 40.4 Å². The van der Waals surface area contributed by atoms with Gasteiger partial charge in [-0.1, -0.05) is 23.7 Å². The van der Waals surface area contributed by atoms with E-state index in [0.29, 0.717) is 40.9 Å². The Kier molecular flexibility index (Phi) is 5.26. The highest BCUT2D eigenvalue weighted by molar-refractivity contribution is 6.51. The van der Waals surface area contributed by atoms with Crippen molar-refractivity contribution < 1.29 is 19.4 Å². The van der Waals surface area contributed by atoms with Gasteiger partial charge in [-0.25, -0.2) is 0 Å². The monoisotopic (exact) mass is 461 g/mol. The number of hydrogen-bond acceptors (Lipinski definition) is 6. The summed E-state index contributed by atoms with van der Waals surface area (Å²) in [7, 11) is 1.93. The zero-order valence-electron chi connectivity index (χ0n) is 17.7. The lowest BCUT2D eigenvalue weighted by molar-refractivity contribution is -0.132. The third-order valence-corrected chi connectivity index (χ3v) is 6.06. The van der Waals surface area contributed by atoms with Gasteiger partial charge in [0.05, 0.1) is 23.5 Å². The second-order valence-electron chi connectivity index (χ2n) is 7.86. The first-order valence-corrected chi connectivity index (χ1v) is 10.8. The van der Waals surface area contributed by atoms with Crippen molar-refractivity contribution in [3.8, 4) is 5.75 Å². The number of ketones is 1. The van der Waals surface area contributed by atoms with Gasteiger partial charge in [0.15, 0.2) is 0 Å². The minimum Gasteiger partial charge on any atom is -0.507 e. The molecule has 1 N–H and O–H groups in total. The highest BCUT2D eigenvalue weighted by atomic mass is 35.5. The third kappa shape index (κ3) is 3.60. The van der Waals surface area contributed by atoms with Crippen LogP contribution in [0.5, 0.6) is 5.75 Å². The van der Waals surface area contributed by atoms with Gasteiger partial charge < -0.3 is 14.7 Å². The second kappa shape index (κ2) is 8.26. The van der Waals surface area contributed by atoms with Gasteiger partial charge in [0, 0.05) is 29.5 Å². The van der Waals surface area contributed by atoms with Gasteiger partial charge in [0.2, 0.25) is 0 Å². The van der Waals surface area contributed by atoms with E-state index in [2.05, 4.69) is 4.98 Å². The number of aliphatic hydroxyl groups excluding tert-OH is 1. The Hall–Kier alpha value is -3.84. The number of rotatable bonds is 3. The molecule has 0 aliphatic carbocycles. The summed E-state index contributed by atoms with van der Waals surface area (Å²) in [5, 5.41) is 11.7. The Bertz CT molecular complexity index is 1290. The van der Waals surface area contributed by atoms with Crippen LogP contribution in [0.4, 0.5) is 11.4 Å². The van der Waals surface area contributed by atoms with Crippen LogP contribution in [0.3, 0.4) is 0 Å². The number of aliphatic hydroxyl groups is 1. The molecule has 2 aliphatic heterocycles. The van der Waals surface area contributed by atoms with Crippen molar-refractivity contribution in [1.82, 2.24) is 4.98 Å². The second-order valence-corrected chi connectivity index (χ2v) is 8.29. The molecule has 5 rings (SSSR count). The van der Waals surface area contributed by atoms with Gasteiger partial charge in [-0.05, 0) is 48.5 Å². The molecule has 1 atom stereocenters. The number of carbonyl (C=O) groups is 2. The number of fused-ring (bicyclic) bond motifs is 1. The summed E-state index contributed by atoms with van der Waals surface area (Å²) < 4.78 is 5.68. The molecule has 166 valence electrons. The molecular weight excluding hydrogens is 442 g/mol. The summed E-state index contributed by atoms with van der Waals surface area (Å²) in [5.74, 6) is -1.12. The average Bonchev–Trinajstić information content (AvgIpc) is 3.10. The Morgan fingerprint density at radius 3 is 2.73 bits per heavy atom. The van der Waals surface area contributed by atoms with E-state index in [9.17, 15) is 14.7 Å². The minimum atomic E-state index is -0.908. The fraction of sp³-hybridized carbons (Fsp3) is 0.160. The van der Waals surface area contributed by atoms with Gasteiger partial charge in [0.25, 0.3) is 11.7 Å². The zero-order valence-corrected chi connectivity index (χ0v) is 18.5. The predicted octanol–water partition coefficient (Wildman–Crippen LogP) is 4.19. The number of nitrogens with zero attached hydrogens (tertiary/aromatic N) is 3. The molecule has 0 spiro atoms. The number of carbonyl (C=O) groups excluding carboxylic acids is 2. The van der Waals surface area contributed by atoms with Crippen LogP contribution < -0.4 is 14.5 Å². The third-order valence-electron chi connectivity index (χ3n) is 5.83.